The number of carbonyl (C=O) groups is 1. The van der Waals surface area contributed by atoms with E-state index in [0.717, 1.165) is 32.0 Å². The van der Waals surface area contributed by atoms with E-state index in [1.807, 2.05) is 0 Å². The summed E-state index contributed by atoms with van der Waals surface area (Å²) in [6.07, 6.45) is -0.790. The Balaban J connectivity index is 1.90. The van der Waals surface area contributed by atoms with Gasteiger partial charge in [-0.25, -0.2) is 0 Å². The molecule has 1 aliphatic heterocycles. The molecule has 0 radical (unpaired) electrons. The summed E-state index contributed by atoms with van der Waals surface area (Å²) in [5, 5.41) is 2.37. The highest BCUT2D eigenvalue weighted by Gasteiger charge is 2.33. The first-order valence-corrected chi connectivity index (χ1v) is 7.15. The van der Waals surface area contributed by atoms with E-state index in [1.54, 1.807) is 0 Å². The van der Waals surface area contributed by atoms with Gasteiger partial charge in [-0.15, -0.1) is 0 Å². The van der Waals surface area contributed by atoms with Crippen molar-refractivity contribution in [3.63, 3.8) is 0 Å². The number of piperidine rings is 1. The maximum absolute atomic E-state index is 12.8. The van der Waals surface area contributed by atoms with Crippen LogP contribution in [0.1, 0.15) is 31.2 Å². The summed E-state index contributed by atoms with van der Waals surface area (Å²) < 4.78 is 38.4. The van der Waals surface area contributed by atoms with Gasteiger partial charge in [-0.1, -0.05) is 18.6 Å². The van der Waals surface area contributed by atoms with Crippen molar-refractivity contribution in [1.29, 1.82) is 0 Å². The number of para-hydroxylation sites is 1. The molecule has 1 aliphatic rings. The number of rotatable bonds is 4. The zero-order chi connectivity index (χ0) is 15.3. The van der Waals surface area contributed by atoms with E-state index in [4.69, 9.17) is 0 Å². The molecule has 1 fully saturated rings. The molecule has 0 saturated carbocycles. The molecule has 1 aromatic carbocycles. The number of nitrogens with one attached hydrogen (secondary N) is 1. The molecule has 2 rings (SSSR count). The molecule has 0 aliphatic carbocycles. The quantitative estimate of drug-likeness (QED) is 0.922. The number of benzene rings is 1. The van der Waals surface area contributed by atoms with E-state index in [2.05, 4.69) is 10.2 Å². The maximum atomic E-state index is 12.8. The van der Waals surface area contributed by atoms with E-state index in [9.17, 15) is 18.0 Å². The molecule has 116 valence electrons. The fourth-order valence-electron chi connectivity index (χ4n) is 2.49. The third-order valence-corrected chi connectivity index (χ3v) is 3.61. The molecule has 1 amide bonds. The number of nitrogens with zero attached hydrogens (tertiary/aromatic N) is 1. The molecule has 0 spiro atoms. The van der Waals surface area contributed by atoms with Crippen LogP contribution in [0, 0.1) is 0 Å². The number of alkyl halides is 3. The molecule has 0 aromatic heterocycles. The monoisotopic (exact) mass is 300 g/mol. The lowest BCUT2D eigenvalue weighted by atomic mass is 10.1. The summed E-state index contributed by atoms with van der Waals surface area (Å²) in [6, 6.07) is 5.05. The van der Waals surface area contributed by atoms with Gasteiger partial charge in [0.15, 0.2) is 0 Å². The number of amides is 1. The van der Waals surface area contributed by atoms with Crippen LogP contribution in [-0.2, 0) is 11.0 Å². The Morgan fingerprint density at radius 1 is 1.14 bits per heavy atom. The predicted octanol–water partition coefficient (Wildman–Crippen LogP) is 3.52. The second-order valence-corrected chi connectivity index (χ2v) is 5.24. The largest absolute Gasteiger partial charge is 0.418 e. The summed E-state index contributed by atoms with van der Waals surface area (Å²) in [5.74, 6) is -0.378. The Morgan fingerprint density at radius 2 is 1.81 bits per heavy atom. The van der Waals surface area contributed by atoms with E-state index in [1.165, 1.54) is 24.6 Å². The smallest absolute Gasteiger partial charge is 0.325 e. The Bertz CT molecular complexity index is 482. The lowest BCUT2D eigenvalue weighted by Crippen LogP contribution is -2.32. The van der Waals surface area contributed by atoms with Crippen molar-refractivity contribution in [3.8, 4) is 0 Å². The topological polar surface area (TPSA) is 32.3 Å². The molecule has 0 atom stereocenters. The lowest BCUT2D eigenvalue weighted by Gasteiger charge is -2.26. The normalized spacial score (nSPS) is 16.7. The Labute approximate surface area is 122 Å². The second-order valence-electron chi connectivity index (χ2n) is 5.24. The zero-order valence-electron chi connectivity index (χ0n) is 11.7. The van der Waals surface area contributed by atoms with Crippen LogP contribution in [-0.4, -0.2) is 30.4 Å². The van der Waals surface area contributed by atoms with Crippen LogP contribution in [0.2, 0.25) is 0 Å². The summed E-state index contributed by atoms with van der Waals surface area (Å²) in [7, 11) is 0. The van der Waals surface area contributed by atoms with Gasteiger partial charge in [0.1, 0.15) is 0 Å². The highest BCUT2D eigenvalue weighted by Crippen LogP contribution is 2.34. The SMILES string of the molecule is O=C(CCN1CCCCC1)Nc1ccccc1C(F)(F)F. The highest BCUT2D eigenvalue weighted by atomic mass is 19.4. The van der Waals surface area contributed by atoms with Gasteiger partial charge in [-0.2, -0.15) is 13.2 Å². The Morgan fingerprint density at radius 3 is 2.48 bits per heavy atom. The molecule has 0 unspecified atom stereocenters. The number of carbonyl (C=O) groups excluding carboxylic acids is 1. The molecule has 1 aromatic rings. The van der Waals surface area contributed by atoms with Crippen LogP contribution in [0.3, 0.4) is 0 Å². The molecule has 6 heteroatoms. The van der Waals surface area contributed by atoms with Crippen molar-refractivity contribution in [1.82, 2.24) is 4.90 Å². The number of halogens is 3. The standard InChI is InChI=1S/C15H19F3N2O/c16-15(17,18)12-6-2-3-7-13(12)19-14(21)8-11-20-9-4-1-5-10-20/h2-3,6-7H,1,4-5,8-11H2,(H,19,21). The van der Waals surface area contributed by atoms with Crippen molar-refractivity contribution in [3.05, 3.63) is 29.8 Å². The molecule has 1 saturated heterocycles. The van der Waals surface area contributed by atoms with Crippen LogP contribution in [0.5, 0.6) is 0 Å². The van der Waals surface area contributed by atoms with Crippen LogP contribution in [0.25, 0.3) is 0 Å². The third-order valence-electron chi connectivity index (χ3n) is 3.61. The average Bonchev–Trinajstić information content (AvgIpc) is 2.46. The van der Waals surface area contributed by atoms with E-state index in [0.29, 0.717) is 6.54 Å². The summed E-state index contributed by atoms with van der Waals surface area (Å²) in [5.41, 5.74) is -0.982. The van der Waals surface area contributed by atoms with Gasteiger partial charge in [0, 0.05) is 13.0 Å². The van der Waals surface area contributed by atoms with Crippen molar-refractivity contribution in [2.45, 2.75) is 31.9 Å². The van der Waals surface area contributed by atoms with Gasteiger partial charge in [0.05, 0.1) is 11.3 Å². The second kappa shape index (κ2) is 6.93. The average molecular weight is 300 g/mol. The first kappa shape index (κ1) is 15.8. The molecule has 1 heterocycles. The number of likely N-dealkylation sites (tertiary alicyclic amines) is 1. The van der Waals surface area contributed by atoms with Gasteiger partial charge in [0.25, 0.3) is 0 Å². The van der Waals surface area contributed by atoms with Crippen LogP contribution < -0.4 is 5.32 Å². The molecular weight excluding hydrogens is 281 g/mol. The van der Waals surface area contributed by atoms with Gasteiger partial charge in [0.2, 0.25) is 5.91 Å². The predicted molar refractivity (Wildman–Crippen MR) is 75.0 cm³/mol. The van der Waals surface area contributed by atoms with Crippen LogP contribution >= 0.6 is 0 Å². The first-order valence-electron chi connectivity index (χ1n) is 7.15. The summed E-state index contributed by atoms with van der Waals surface area (Å²) in [4.78, 5) is 14.0. The van der Waals surface area contributed by atoms with Gasteiger partial charge >= 0.3 is 6.18 Å². The minimum Gasteiger partial charge on any atom is -0.325 e. The maximum Gasteiger partial charge on any atom is 0.418 e. The number of anilines is 1. The highest BCUT2D eigenvalue weighted by molar-refractivity contribution is 5.91. The van der Waals surface area contributed by atoms with Crippen molar-refractivity contribution < 1.29 is 18.0 Å². The molecular formula is C15H19F3N2O. The Kier molecular flexibility index (Phi) is 5.22. The van der Waals surface area contributed by atoms with Crippen molar-refractivity contribution >= 4 is 11.6 Å². The molecule has 1 N–H and O–H groups in total. The number of hydrogen-bond donors (Lipinski definition) is 1. The van der Waals surface area contributed by atoms with Gasteiger partial charge in [-0.05, 0) is 38.1 Å². The molecule has 3 nitrogen and oxygen atoms in total. The van der Waals surface area contributed by atoms with E-state index >= 15 is 0 Å². The van der Waals surface area contributed by atoms with Gasteiger partial charge in [-0.3, -0.25) is 4.79 Å². The zero-order valence-corrected chi connectivity index (χ0v) is 11.7. The van der Waals surface area contributed by atoms with Crippen LogP contribution in [0.15, 0.2) is 24.3 Å². The lowest BCUT2D eigenvalue weighted by molar-refractivity contribution is -0.137. The summed E-state index contributed by atoms with van der Waals surface area (Å²) in [6.45, 7) is 2.53. The third kappa shape index (κ3) is 4.74. The van der Waals surface area contributed by atoms with Crippen LogP contribution in [0.4, 0.5) is 18.9 Å². The fourth-order valence-corrected chi connectivity index (χ4v) is 2.49. The molecule has 21 heavy (non-hydrogen) atoms. The van der Waals surface area contributed by atoms with Gasteiger partial charge < -0.3 is 10.2 Å². The fraction of sp³-hybridized carbons (Fsp3) is 0.533. The van der Waals surface area contributed by atoms with E-state index < -0.39 is 11.7 Å². The first-order chi connectivity index (χ1) is 9.97. The number of hydrogen-bond acceptors (Lipinski definition) is 2. The minimum atomic E-state index is -4.46. The van der Waals surface area contributed by atoms with Crippen molar-refractivity contribution in [2.24, 2.45) is 0 Å². The Hall–Kier alpha value is -1.56. The van der Waals surface area contributed by atoms with E-state index in [-0.39, 0.29) is 18.0 Å². The summed E-state index contributed by atoms with van der Waals surface area (Å²) >= 11 is 0. The van der Waals surface area contributed by atoms with Crippen molar-refractivity contribution in [2.75, 3.05) is 25.0 Å². The molecule has 0 bridgehead atoms. The minimum absolute atomic E-state index is 0.173.